The Balaban J connectivity index is 1.62. The molecule has 2 N–H and O–H groups in total. The fraction of sp³-hybridized carbons (Fsp3) is 0.0435. The lowest BCUT2D eigenvalue weighted by Gasteiger charge is -2.11. The van der Waals surface area contributed by atoms with Crippen LogP contribution in [-0.2, 0) is 10.0 Å². The molecule has 1 amide bonds. The first-order chi connectivity index (χ1) is 14.4. The van der Waals surface area contributed by atoms with Crippen molar-refractivity contribution in [1.29, 1.82) is 0 Å². The van der Waals surface area contributed by atoms with E-state index in [9.17, 15) is 13.2 Å². The van der Waals surface area contributed by atoms with Crippen molar-refractivity contribution in [2.24, 2.45) is 0 Å². The highest BCUT2D eigenvalue weighted by molar-refractivity contribution is 7.92. The van der Waals surface area contributed by atoms with Gasteiger partial charge in [-0.15, -0.1) is 0 Å². The minimum absolute atomic E-state index is 0.00874. The molecule has 150 valence electrons. The van der Waals surface area contributed by atoms with Crippen LogP contribution in [0.25, 0.3) is 10.9 Å². The van der Waals surface area contributed by atoms with Crippen molar-refractivity contribution in [1.82, 2.24) is 4.98 Å². The molecule has 0 unspecified atom stereocenters. The van der Waals surface area contributed by atoms with Gasteiger partial charge in [0.25, 0.3) is 15.9 Å². The largest absolute Gasteiger partial charge is 0.321 e. The fourth-order valence-electron chi connectivity index (χ4n) is 3.15. The number of aryl methyl sites for hydroxylation is 1. The van der Waals surface area contributed by atoms with Crippen LogP contribution < -0.4 is 10.0 Å². The number of amides is 1. The van der Waals surface area contributed by atoms with Crippen molar-refractivity contribution in [2.45, 2.75) is 11.8 Å². The predicted octanol–water partition coefficient (Wildman–Crippen LogP) is 4.60. The maximum atomic E-state index is 12.8. The molecule has 7 heteroatoms. The van der Waals surface area contributed by atoms with Crippen LogP contribution in [0.5, 0.6) is 0 Å². The van der Waals surface area contributed by atoms with E-state index in [1.165, 1.54) is 12.1 Å². The first-order valence-corrected chi connectivity index (χ1v) is 10.8. The molecule has 0 aliphatic rings. The number of nitrogens with zero attached hydrogens (tertiary/aromatic N) is 1. The van der Waals surface area contributed by atoms with Gasteiger partial charge in [0, 0.05) is 22.8 Å². The highest BCUT2D eigenvalue weighted by Crippen LogP contribution is 2.25. The summed E-state index contributed by atoms with van der Waals surface area (Å²) in [5, 5.41) is 3.68. The number of hydrogen-bond acceptors (Lipinski definition) is 4. The first kappa shape index (κ1) is 19.6. The molecule has 4 aromatic rings. The average Bonchev–Trinajstić information content (AvgIpc) is 2.75. The molecule has 0 bridgehead atoms. The van der Waals surface area contributed by atoms with E-state index in [1.54, 1.807) is 54.7 Å². The normalized spacial score (nSPS) is 11.2. The average molecular weight is 417 g/mol. The van der Waals surface area contributed by atoms with E-state index < -0.39 is 15.9 Å². The van der Waals surface area contributed by atoms with Crippen LogP contribution in [0.2, 0.25) is 0 Å². The van der Waals surface area contributed by atoms with Gasteiger partial charge in [-0.25, -0.2) is 8.42 Å². The van der Waals surface area contributed by atoms with Crippen LogP contribution in [0, 0.1) is 6.92 Å². The summed E-state index contributed by atoms with van der Waals surface area (Å²) in [6.07, 6.45) is 1.63. The topological polar surface area (TPSA) is 88.2 Å². The van der Waals surface area contributed by atoms with Gasteiger partial charge >= 0.3 is 0 Å². The van der Waals surface area contributed by atoms with Gasteiger partial charge in [0.05, 0.1) is 16.1 Å². The second-order valence-electron chi connectivity index (χ2n) is 6.78. The van der Waals surface area contributed by atoms with Crippen LogP contribution in [0.15, 0.2) is 90.0 Å². The molecule has 0 radical (unpaired) electrons. The lowest BCUT2D eigenvalue weighted by atomic mass is 10.1. The Bertz CT molecular complexity index is 1340. The van der Waals surface area contributed by atoms with Gasteiger partial charge in [-0.1, -0.05) is 42.5 Å². The Labute approximate surface area is 174 Å². The zero-order valence-corrected chi connectivity index (χ0v) is 17.0. The lowest BCUT2D eigenvalue weighted by molar-refractivity contribution is 0.102. The number of carbonyl (C=O) groups excluding carboxylic acids is 1. The van der Waals surface area contributed by atoms with E-state index >= 15 is 0 Å². The standard InChI is InChI=1S/C23H19N3O3S/c1-16-7-5-12-20-21(13-14-24-22(16)20)25-23(27)17-8-6-11-19(15-17)30(28,29)26-18-9-3-2-4-10-18/h2-15,26H,1H3,(H,24,25,27). The summed E-state index contributed by atoms with van der Waals surface area (Å²) >= 11 is 0. The fourth-order valence-corrected chi connectivity index (χ4v) is 4.26. The Morgan fingerprint density at radius 2 is 1.67 bits per heavy atom. The number of rotatable bonds is 5. The summed E-state index contributed by atoms with van der Waals surface area (Å²) in [6, 6.07) is 22.0. The van der Waals surface area contributed by atoms with Crippen LogP contribution in [-0.4, -0.2) is 19.3 Å². The molecular weight excluding hydrogens is 398 g/mol. The minimum atomic E-state index is -3.82. The van der Waals surface area contributed by atoms with Gasteiger partial charge in [0.15, 0.2) is 0 Å². The van der Waals surface area contributed by atoms with E-state index in [1.807, 2.05) is 25.1 Å². The van der Waals surface area contributed by atoms with Crippen LogP contribution >= 0.6 is 0 Å². The van der Waals surface area contributed by atoms with Crippen molar-refractivity contribution >= 4 is 38.2 Å². The van der Waals surface area contributed by atoms with Crippen molar-refractivity contribution in [3.63, 3.8) is 0 Å². The van der Waals surface area contributed by atoms with Crippen LogP contribution in [0.3, 0.4) is 0 Å². The molecule has 0 aliphatic carbocycles. The molecule has 0 aliphatic heterocycles. The molecule has 0 spiro atoms. The summed E-state index contributed by atoms with van der Waals surface area (Å²) in [4.78, 5) is 17.2. The number of anilines is 2. The van der Waals surface area contributed by atoms with Crippen LogP contribution in [0.4, 0.5) is 11.4 Å². The summed E-state index contributed by atoms with van der Waals surface area (Å²) in [7, 11) is -3.82. The molecule has 0 fully saturated rings. The number of para-hydroxylation sites is 2. The monoisotopic (exact) mass is 417 g/mol. The van der Waals surface area contributed by atoms with Gasteiger partial charge in [0.1, 0.15) is 0 Å². The highest BCUT2D eigenvalue weighted by atomic mass is 32.2. The number of fused-ring (bicyclic) bond motifs is 1. The third-order valence-electron chi connectivity index (χ3n) is 4.65. The summed E-state index contributed by atoms with van der Waals surface area (Å²) in [5.74, 6) is -0.402. The SMILES string of the molecule is Cc1cccc2c(NC(=O)c3cccc(S(=O)(=O)Nc4ccccc4)c3)ccnc12. The van der Waals surface area contributed by atoms with E-state index in [-0.39, 0.29) is 10.5 Å². The van der Waals surface area contributed by atoms with E-state index in [0.717, 1.165) is 16.5 Å². The lowest BCUT2D eigenvalue weighted by Crippen LogP contribution is -2.16. The van der Waals surface area contributed by atoms with Crippen molar-refractivity contribution in [3.8, 4) is 0 Å². The molecule has 1 heterocycles. The molecule has 1 aromatic heterocycles. The summed E-state index contributed by atoms with van der Waals surface area (Å²) in [6.45, 7) is 1.95. The maximum absolute atomic E-state index is 12.8. The molecule has 4 rings (SSSR count). The third-order valence-corrected chi connectivity index (χ3v) is 6.03. The van der Waals surface area contributed by atoms with E-state index in [2.05, 4.69) is 15.0 Å². The Kier molecular flexibility index (Phi) is 5.20. The van der Waals surface area contributed by atoms with Gasteiger partial charge < -0.3 is 5.32 Å². The van der Waals surface area contributed by atoms with Gasteiger partial charge in [0.2, 0.25) is 0 Å². The van der Waals surface area contributed by atoms with E-state index in [4.69, 9.17) is 0 Å². The smallest absolute Gasteiger partial charge is 0.261 e. The molecule has 0 saturated heterocycles. The summed E-state index contributed by atoms with van der Waals surface area (Å²) < 4.78 is 27.9. The number of hydrogen-bond donors (Lipinski definition) is 2. The van der Waals surface area contributed by atoms with Gasteiger partial charge in [-0.2, -0.15) is 0 Å². The molecule has 3 aromatic carbocycles. The second kappa shape index (κ2) is 7.96. The van der Waals surface area contributed by atoms with Gasteiger partial charge in [-0.05, 0) is 48.9 Å². The molecule has 6 nitrogen and oxygen atoms in total. The third kappa shape index (κ3) is 4.01. The van der Waals surface area contributed by atoms with Crippen molar-refractivity contribution in [2.75, 3.05) is 10.0 Å². The Morgan fingerprint density at radius 1 is 0.900 bits per heavy atom. The Morgan fingerprint density at radius 3 is 2.47 bits per heavy atom. The number of benzene rings is 3. The number of pyridine rings is 1. The minimum Gasteiger partial charge on any atom is -0.321 e. The number of aromatic nitrogens is 1. The van der Waals surface area contributed by atoms with Gasteiger partial charge in [-0.3, -0.25) is 14.5 Å². The molecular formula is C23H19N3O3S. The molecule has 30 heavy (non-hydrogen) atoms. The predicted molar refractivity (Wildman–Crippen MR) is 118 cm³/mol. The van der Waals surface area contributed by atoms with Crippen molar-refractivity contribution in [3.05, 3.63) is 96.2 Å². The molecule has 0 saturated carbocycles. The quantitative estimate of drug-likeness (QED) is 0.497. The molecule has 0 atom stereocenters. The summed E-state index contributed by atoms with van der Waals surface area (Å²) in [5.41, 5.74) is 3.11. The van der Waals surface area contributed by atoms with Crippen LogP contribution in [0.1, 0.15) is 15.9 Å². The number of sulfonamides is 1. The Hall–Kier alpha value is -3.71. The number of carbonyl (C=O) groups is 1. The first-order valence-electron chi connectivity index (χ1n) is 9.28. The highest BCUT2D eigenvalue weighted by Gasteiger charge is 2.17. The zero-order valence-electron chi connectivity index (χ0n) is 16.2. The maximum Gasteiger partial charge on any atom is 0.261 e. The van der Waals surface area contributed by atoms with E-state index in [0.29, 0.717) is 11.4 Å². The second-order valence-corrected chi connectivity index (χ2v) is 8.47. The van der Waals surface area contributed by atoms with Crippen molar-refractivity contribution < 1.29 is 13.2 Å². The zero-order chi connectivity index (χ0) is 21.1. The number of nitrogens with one attached hydrogen (secondary N) is 2.